The molecule has 1 saturated carbocycles. The summed E-state index contributed by atoms with van der Waals surface area (Å²) in [6, 6.07) is 0. The van der Waals surface area contributed by atoms with Crippen molar-refractivity contribution in [2.24, 2.45) is 11.8 Å². The maximum absolute atomic E-state index is 11.4. The van der Waals surface area contributed by atoms with Crippen molar-refractivity contribution in [1.82, 2.24) is 0 Å². The predicted octanol–water partition coefficient (Wildman–Crippen LogP) is 3.48. The van der Waals surface area contributed by atoms with E-state index in [0.717, 1.165) is 18.8 Å². The van der Waals surface area contributed by atoms with Crippen molar-refractivity contribution in [3.8, 4) is 0 Å². The highest BCUT2D eigenvalue weighted by atomic mass is 17.2. The molecule has 1 aliphatic carbocycles. The van der Waals surface area contributed by atoms with Gasteiger partial charge in [-0.05, 0) is 31.6 Å². The van der Waals surface area contributed by atoms with E-state index in [0.29, 0.717) is 0 Å². The maximum atomic E-state index is 11.4. The molecule has 0 aromatic carbocycles. The first-order chi connectivity index (χ1) is 7.77. The van der Waals surface area contributed by atoms with Crippen molar-refractivity contribution < 1.29 is 14.6 Å². The Morgan fingerprint density at radius 2 is 1.88 bits per heavy atom. The molecule has 0 radical (unpaired) electrons. The molecule has 0 amide bonds. The van der Waals surface area contributed by atoms with Crippen LogP contribution in [0.5, 0.6) is 0 Å². The molecule has 94 valence electrons. The summed E-state index contributed by atoms with van der Waals surface area (Å²) in [7, 11) is 1.38. The smallest absolute Gasteiger partial charge is 0.298 e. The van der Waals surface area contributed by atoms with Crippen molar-refractivity contribution in [2.45, 2.75) is 58.3 Å². The second-order valence-corrected chi connectivity index (χ2v) is 4.78. The van der Waals surface area contributed by atoms with Crippen LogP contribution in [0.3, 0.4) is 0 Å². The standard InChI is InChI=1S/C13H24O3/c1-3-4-5-6-11-7-9-12(10-8-11)13(14)16-15-2/h11-12H,3-10H2,1-2H3. The van der Waals surface area contributed by atoms with E-state index in [2.05, 4.69) is 16.7 Å². The van der Waals surface area contributed by atoms with Gasteiger partial charge >= 0.3 is 5.97 Å². The van der Waals surface area contributed by atoms with Crippen LogP contribution in [-0.2, 0) is 14.6 Å². The summed E-state index contributed by atoms with van der Waals surface area (Å²) in [5.41, 5.74) is 0. The molecule has 0 bridgehead atoms. The average molecular weight is 228 g/mol. The Hall–Kier alpha value is -0.570. The minimum absolute atomic E-state index is 0.0716. The summed E-state index contributed by atoms with van der Waals surface area (Å²) < 4.78 is 0. The quantitative estimate of drug-likeness (QED) is 0.396. The monoisotopic (exact) mass is 228 g/mol. The van der Waals surface area contributed by atoms with Gasteiger partial charge in [0.1, 0.15) is 0 Å². The van der Waals surface area contributed by atoms with E-state index in [1.807, 2.05) is 0 Å². The Bertz CT molecular complexity index is 195. The van der Waals surface area contributed by atoms with Gasteiger partial charge in [0, 0.05) is 0 Å². The second-order valence-electron chi connectivity index (χ2n) is 4.78. The molecule has 0 saturated heterocycles. The van der Waals surface area contributed by atoms with Gasteiger partial charge in [-0.15, -0.1) is 0 Å². The predicted molar refractivity (Wildman–Crippen MR) is 62.7 cm³/mol. The fourth-order valence-corrected chi connectivity index (χ4v) is 2.52. The van der Waals surface area contributed by atoms with Gasteiger partial charge in [0.15, 0.2) is 0 Å². The zero-order chi connectivity index (χ0) is 11.8. The fourth-order valence-electron chi connectivity index (χ4n) is 2.52. The van der Waals surface area contributed by atoms with Gasteiger partial charge in [0.2, 0.25) is 0 Å². The Kier molecular flexibility index (Phi) is 6.46. The number of hydrogen-bond donors (Lipinski definition) is 0. The van der Waals surface area contributed by atoms with Crippen molar-refractivity contribution >= 4 is 5.97 Å². The summed E-state index contributed by atoms with van der Waals surface area (Å²) >= 11 is 0. The van der Waals surface area contributed by atoms with E-state index in [-0.39, 0.29) is 11.9 Å². The van der Waals surface area contributed by atoms with Gasteiger partial charge in [0.05, 0.1) is 13.0 Å². The van der Waals surface area contributed by atoms with E-state index < -0.39 is 0 Å². The molecule has 0 atom stereocenters. The molecular weight excluding hydrogens is 204 g/mol. The molecule has 0 heterocycles. The van der Waals surface area contributed by atoms with Crippen molar-refractivity contribution in [1.29, 1.82) is 0 Å². The third-order valence-electron chi connectivity index (χ3n) is 3.56. The molecule has 0 unspecified atom stereocenters. The van der Waals surface area contributed by atoms with Gasteiger partial charge in [-0.1, -0.05) is 32.6 Å². The number of hydrogen-bond acceptors (Lipinski definition) is 3. The van der Waals surface area contributed by atoms with E-state index in [1.165, 1.54) is 45.6 Å². The fraction of sp³-hybridized carbons (Fsp3) is 0.923. The van der Waals surface area contributed by atoms with Crippen LogP contribution in [0.25, 0.3) is 0 Å². The van der Waals surface area contributed by atoms with Crippen molar-refractivity contribution in [3.05, 3.63) is 0 Å². The van der Waals surface area contributed by atoms with E-state index in [9.17, 15) is 4.79 Å². The normalized spacial score (nSPS) is 25.4. The SMILES string of the molecule is CCCCCC1CCC(C(=O)OOC)CC1. The largest absolute Gasteiger partial charge is 0.345 e. The summed E-state index contributed by atoms with van der Waals surface area (Å²) in [4.78, 5) is 20.4. The number of carbonyl (C=O) groups is 1. The molecule has 0 aromatic heterocycles. The van der Waals surface area contributed by atoms with Crippen LogP contribution in [0.15, 0.2) is 0 Å². The first-order valence-electron chi connectivity index (χ1n) is 6.52. The van der Waals surface area contributed by atoms with Crippen LogP contribution in [0.2, 0.25) is 0 Å². The molecule has 1 aliphatic rings. The van der Waals surface area contributed by atoms with Gasteiger partial charge in [-0.25, -0.2) is 4.79 Å². The number of rotatable bonds is 6. The van der Waals surface area contributed by atoms with Crippen LogP contribution < -0.4 is 0 Å². The third-order valence-corrected chi connectivity index (χ3v) is 3.56. The molecule has 1 fully saturated rings. The van der Waals surface area contributed by atoms with E-state index >= 15 is 0 Å². The molecule has 0 N–H and O–H groups in total. The molecule has 3 nitrogen and oxygen atoms in total. The molecule has 0 aromatic rings. The first-order valence-corrected chi connectivity index (χ1v) is 6.52. The van der Waals surface area contributed by atoms with Crippen molar-refractivity contribution in [2.75, 3.05) is 7.11 Å². The van der Waals surface area contributed by atoms with Crippen molar-refractivity contribution in [3.63, 3.8) is 0 Å². The lowest BCUT2D eigenvalue weighted by molar-refractivity contribution is -0.260. The third kappa shape index (κ3) is 4.52. The van der Waals surface area contributed by atoms with Crippen LogP contribution in [0.4, 0.5) is 0 Å². The summed E-state index contributed by atoms with van der Waals surface area (Å²) in [6.45, 7) is 2.23. The number of carbonyl (C=O) groups excluding carboxylic acids is 1. The summed E-state index contributed by atoms with van der Waals surface area (Å²) in [5.74, 6) is 0.718. The molecule has 3 heteroatoms. The summed E-state index contributed by atoms with van der Waals surface area (Å²) in [6.07, 6.45) is 9.59. The maximum Gasteiger partial charge on any atom is 0.345 e. The Labute approximate surface area is 98.4 Å². The van der Waals surface area contributed by atoms with Gasteiger partial charge in [-0.2, -0.15) is 4.89 Å². The van der Waals surface area contributed by atoms with E-state index in [4.69, 9.17) is 0 Å². The summed E-state index contributed by atoms with van der Waals surface area (Å²) in [5, 5.41) is 0. The zero-order valence-corrected chi connectivity index (χ0v) is 10.5. The second kappa shape index (κ2) is 7.66. The molecule has 0 aliphatic heterocycles. The van der Waals surface area contributed by atoms with Crippen LogP contribution in [0.1, 0.15) is 58.3 Å². The van der Waals surface area contributed by atoms with E-state index in [1.54, 1.807) is 0 Å². The highest BCUT2D eigenvalue weighted by molar-refractivity contribution is 5.71. The highest BCUT2D eigenvalue weighted by Crippen LogP contribution is 2.32. The minimum atomic E-state index is -0.186. The lowest BCUT2D eigenvalue weighted by Crippen LogP contribution is -2.23. The Morgan fingerprint density at radius 3 is 2.44 bits per heavy atom. The lowest BCUT2D eigenvalue weighted by Gasteiger charge is -2.26. The molecule has 16 heavy (non-hydrogen) atoms. The average Bonchev–Trinajstić information content (AvgIpc) is 2.30. The van der Waals surface area contributed by atoms with Gasteiger partial charge in [0.25, 0.3) is 0 Å². The minimum Gasteiger partial charge on any atom is -0.298 e. The first kappa shape index (κ1) is 13.5. The topological polar surface area (TPSA) is 35.5 Å². The molecule has 1 rings (SSSR count). The van der Waals surface area contributed by atoms with Crippen LogP contribution >= 0.6 is 0 Å². The number of unbranched alkanes of at least 4 members (excludes halogenated alkanes) is 2. The Morgan fingerprint density at radius 1 is 1.19 bits per heavy atom. The zero-order valence-electron chi connectivity index (χ0n) is 10.5. The highest BCUT2D eigenvalue weighted by Gasteiger charge is 2.27. The van der Waals surface area contributed by atoms with Gasteiger partial charge < -0.3 is 0 Å². The van der Waals surface area contributed by atoms with Crippen LogP contribution in [-0.4, -0.2) is 13.1 Å². The molecular formula is C13H24O3. The van der Waals surface area contributed by atoms with Crippen LogP contribution in [0, 0.1) is 11.8 Å². The Balaban J connectivity index is 2.15. The molecule has 0 spiro atoms. The van der Waals surface area contributed by atoms with Gasteiger partial charge in [-0.3, -0.25) is 4.89 Å². The lowest BCUT2D eigenvalue weighted by atomic mass is 9.80.